The van der Waals surface area contributed by atoms with Crippen LogP contribution in [0, 0.1) is 22.6 Å². The van der Waals surface area contributed by atoms with Crippen LogP contribution in [0.3, 0.4) is 0 Å². The van der Waals surface area contributed by atoms with Crippen molar-refractivity contribution in [3.63, 3.8) is 0 Å². The first-order chi connectivity index (χ1) is 19.8. The molecule has 13 heteroatoms. The summed E-state index contributed by atoms with van der Waals surface area (Å²) in [5.74, 6) is -1.42. The van der Waals surface area contributed by atoms with Crippen LogP contribution in [-0.2, 0) is 17.3 Å². The molecule has 0 amide bonds. The van der Waals surface area contributed by atoms with Crippen LogP contribution < -0.4 is 14.2 Å². The molecule has 3 saturated carbocycles. The van der Waals surface area contributed by atoms with E-state index in [9.17, 15) is 31.6 Å². The van der Waals surface area contributed by atoms with Crippen LogP contribution in [0.2, 0.25) is 0 Å². The van der Waals surface area contributed by atoms with Crippen LogP contribution >= 0.6 is 0 Å². The maximum Gasteiger partial charge on any atom is 0.586 e. The van der Waals surface area contributed by atoms with Crippen LogP contribution in [-0.4, -0.2) is 21.7 Å². The van der Waals surface area contributed by atoms with Crippen molar-refractivity contribution >= 4 is 0 Å². The molecule has 1 unspecified atom stereocenters. The van der Waals surface area contributed by atoms with Crippen LogP contribution in [0.4, 0.5) is 26.3 Å². The smallest absolute Gasteiger partial charge is 0.483 e. The maximum atomic E-state index is 14.9. The summed E-state index contributed by atoms with van der Waals surface area (Å²) in [7, 11) is 0. The lowest BCUT2D eigenvalue weighted by Crippen LogP contribution is -2.67. The number of aromatic nitrogens is 2. The first-order valence-electron chi connectivity index (χ1n) is 13.4. The normalized spacial score (nSPS) is 27.3. The van der Waals surface area contributed by atoms with Gasteiger partial charge in [-0.3, -0.25) is 0 Å². The third kappa shape index (κ3) is 4.26. The largest absolute Gasteiger partial charge is 0.586 e. The summed E-state index contributed by atoms with van der Waals surface area (Å²) < 4.78 is 106. The zero-order valence-corrected chi connectivity index (χ0v) is 22.1. The molecule has 5 aliphatic rings. The zero-order valence-electron chi connectivity index (χ0n) is 22.1. The van der Waals surface area contributed by atoms with E-state index in [1.807, 2.05) is 0 Å². The topological polar surface area (TPSA) is 78.5 Å². The van der Waals surface area contributed by atoms with Gasteiger partial charge in [-0.2, -0.15) is 23.5 Å². The molecule has 2 heterocycles. The summed E-state index contributed by atoms with van der Waals surface area (Å²) in [6, 6.07) is 9.93. The number of fused-ring (bicyclic) bond motifs is 2. The fourth-order valence-electron chi connectivity index (χ4n) is 6.61. The average Bonchev–Trinajstić information content (AvgIpc) is 3.43. The van der Waals surface area contributed by atoms with Crippen molar-refractivity contribution in [2.75, 3.05) is 0 Å². The highest BCUT2D eigenvalue weighted by Gasteiger charge is 2.70. The highest BCUT2D eigenvalue weighted by molar-refractivity contribution is 5.47. The highest BCUT2D eigenvalue weighted by atomic mass is 19.4. The van der Waals surface area contributed by atoms with Crippen LogP contribution in [0.5, 0.6) is 17.2 Å². The first kappa shape index (κ1) is 26.9. The number of nitriles is 1. The Kier molecular flexibility index (Phi) is 5.64. The second-order valence-electron chi connectivity index (χ2n) is 11.5. The minimum absolute atomic E-state index is 0.0395. The molecule has 42 heavy (non-hydrogen) atoms. The van der Waals surface area contributed by atoms with Crippen molar-refractivity contribution in [3.05, 3.63) is 64.7 Å². The summed E-state index contributed by atoms with van der Waals surface area (Å²) in [4.78, 5) is 0. The number of halogens is 6. The van der Waals surface area contributed by atoms with E-state index in [4.69, 9.17) is 9.47 Å². The number of hydrogen-bond acceptors (Lipinski definition) is 6. The quantitative estimate of drug-likeness (QED) is 0.280. The fourth-order valence-corrected chi connectivity index (χ4v) is 6.61. The summed E-state index contributed by atoms with van der Waals surface area (Å²) in [5.41, 5.74) is -1.13. The molecule has 0 spiro atoms. The standard InChI is InChI=1S/C29H23F6N3O4/c1-15(16-5-8-20-23(9-16)42-29(34,35)41-20)39-22-10-17(6-7-19(22)30)38-24-18(25(37-38)28(31,32)33)3-2-4-21(24)40-27-11-26(12-27,13-27)14-36/h5-10,15,21H,2-4,11-13H2,1H3/t15-,21?,26?,27?/m0/s1. The predicted molar refractivity (Wildman–Crippen MR) is 132 cm³/mol. The van der Waals surface area contributed by atoms with E-state index in [-0.39, 0.29) is 40.6 Å². The average molecular weight is 592 g/mol. The SMILES string of the molecule is C[C@H](Oc1cc(-n2nc(C(F)(F)F)c3c2C(OC24CC(C#N)(C2)C4)CCC3)ccc1F)c1ccc2c(c1)OC(F)(F)O2. The predicted octanol–water partition coefficient (Wildman–Crippen LogP) is 7.33. The molecule has 2 bridgehead atoms. The lowest BCUT2D eigenvalue weighted by atomic mass is 9.42. The second kappa shape index (κ2) is 8.80. The molecule has 3 aromatic rings. The molecule has 0 N–H and O–H groups in total. The molecule has 2 aromatic carbocycles. The Morgan fingerprint density at radius 3 is 2.55 bits per heavy atom. The number of benzene rings is 2. The number of nitrogens with zero attached hydrogens (tertiary/aromatic N) is 3. The van der Waals surface area contributed by atoms with Gasteiger partial charge in [0, 0.05) is 11.6 Å². The molecular weight excluding hydrogens is 568 g/mol. The Hall–Kier alpha value is -3.92. The Balaban J connectivity index is 1.21. The van der Waals surface area contributed by atoms with Crippen LogP contribution in [0.1, 0.15) is 73.8 Å². The zero-order chi connectivity index (χ0) is 29.7. The van der Waals surface area contributed by atoms with Gasteiger partial charge in [-0.1, -0.05) is 6.07 Å². The van der Waals surface area contributed by atoms with E-state index < -0.39 is 47.2 Å². The number of hydrogen-bond donors (Lipinski definition) is 0. The van der Waals surface area contributed by atoms with E-state index in [2.05, 4.69) is 20.6 Å². The van der Waals surface area contributed by atoms with Gasteiger partial charge >= 0.3 is 12.5 Å². The minimum atomic E-state index is -4.72. The molecule has 2 atom stereocenters. The summed E-state index contributed by atoms with van der Waals surface area (Å²) in [6.07, 6.45) is -7.32. The fraction of sp³-hybridized carbons (Fsp3) is 0.448. The third-order valence-electron chi connectivity index (χ3n) is 8.46. The van der Waals surface area contributed by atoms with Crippen molar-refractivity contribution in [2.24, 2.45) is 5.41 Å². The van der Waals surface area contributed by atoms with Crippen molar-refractivity contribution in [3.8, 4) is 29.0 Å². The van der Waals surface area contributed by atoms with Crippen LogP contribution in [0.25, 0.3) is 5.69 Å². The van der Waals surface area contributed by atoms with Gasteiger partial charge in [-0.05, 0) is 75.3 Å². The molecule has 220 valence electrons. The van der Waals surface area contributed by atoms with E-state index in [1.165, 1.54) is 30.3 Å². The number of alkyl halides is 5. The number of ether oxygens (including phenoxy) is 4. The molecule has 8 rings (SSSR count). The summed E-state index contributed by atoms with van der Waals surface area (Å²) in [6.45, 7) is 1.56. The Morgan fingerprint density at radius 1 is 1.10 bits per heavy atom. The molecule has 0 saturated heterocycles. The molecule has 4 aliphatic carbocycles. The molecule has 1 aliphatic heterocycles. The van der Waals surface area contributed by atoms with Crippen molar-refractivity contribution < 1.29 is 45.3 Å². The third-order valence-corrected chi connectivity index (χ3v) is 8.46. The molecule has 7 nitrogen and oxygen atoms in total. The van der Waals surface area contributed by atoms with Crippen molar-refractivity contribution in [1.82, 2.24) is 9.78 Å². The van der Waals surface area contributed by atoms with Crippen molar-refractivity contribution in [1.29, 1.82) is 5.26 Å². The van der Waals surface area contributed by atoms with Gasteiger partial charge in [0.1, 0.15) is 12.2 Å². The van der Waals surface area contributed by atoms with Gasteiger partial charge < -0.3 is 18.9 Å². The Morgan fingerprint density at radius 2 is 1.83 bits per heavy atom. The molecular formula is C29H23F6N3O4. The lowest BCUT2D eigenvalue weighted by molar-refractivity contribution is -0.286. The molecule has 0 radical (unpaired) electrons. The minimum Gasteiger partial charge on any atom is -0.483 e. The monoisotopic (exact) mass is 591 g/mol. The van der Waals surface area contributed by atoms with Crippen molar-refractivity contribution in [2.45, 2.75) is 75.7 Å². The van der Waals surface area contributed by atoms with Gasteiger partial charge in [0.15, 0.2) is 28.8 Å². The molecule has 3 fully saturated rings. The van der Waals surface area contributed by atoms with Gasteiger partial charge in [0.25, 0.3) is 0 Å². The maximum absolute atomic E-state index is 14.9. The van der Waals surface area contributed by atoms with E-state index >= 15 is 0 Å². The van der Waals surface area contributed by atoms with Gasteiger partial charge in [-0.25, -0.2) is 9.07 Å². The van der Waals surface area contributed by atoms with E-state index in [0.29, 0.717) is 37.7 Å². The van der Waals surface area contributed by atoms with Gasteiger partial charge in [0.2, 0.25) is 0 Å². The Labute approximate surface area is 235 Å². The second-order valence-corrected chi connectivity index (χ2v) is 11.5. The van der Waals surface area contributed by atoms with Gasteiger partial charge in [0.05, 0.1) is 28.5 Å². The lowest BCUT2D eigenvalue weighted by Gasteiger charge is -2.67. The molecule has 1 aromatic heterocycles. The summed E-state index contributed by atoms with van der Waals surface area (Å²) >= 11 is 0. The highest BCUT2D eigenvalue weighted by Crippen LogP contribution is 2.70. The summed E-state index contributed by atoms with van der Waals surface area (Å²) in [5, 5.41) is 13.3. The first-order valence-corrected chi connectivity index (χ1v) is 13.4. The van der Waals surface area contributed by atoms with E-state index in [0.717, 1.165) is 10.7 Å². The Bertz CT molecular complexity index is 1630. The van der Waals surface area contributed by atoms with Crippen LogP contribution in [0.15, 0.2) is 36.4 Å². The van der Waals surface area contributed by atoms with E-state index in [1.54, 1.807) is 6.92 Å². The number of rotatable bonds is 6. The van der Waals surface area contributed by atoms with Gasteiger partial charge in [-0.15, -0.1) is 8.78 Å².